The maximum absolute atomic E-state index is 5.69. The van der Waals surface area contributed by atoms with Gasteiger partial charge in [-0.15, -0.1) is 10.2 Å². The van der Waals surface area contributed by atoms with Gasteiger partial charge in [0, 0.05) is 18.1 Å². The van der Waals surface area contributed by atoms with Crippen LogP contribution in [0.2, 0.25) is 0 Å². The van der Waals surface area contributed by atoms with Crippen LogP contribution in [0.25, 0.3) is 11.5 Å². The quantitative estimate of drug-likeness (QED) is 0.753. The normalized spacial score (nSPS) is 10.6. The standard InChI is InChI=1S/C15H21N3O3/c1-4-16-7-5-6-14-17-18-15(21-14)11-8-12(19-2)10-13(9-11)20-3/h8-10,16H,4-7H2,1-3H3. The SMILES string of the molecule is CCNCCCc1nnc(-c2cc(OC)cc(OC)c2)o1. The van der Waals surface area contributed by atoms with Crippen molar-refractivity contribution in [3.63, 3.8) is 0 Å². The van der Waals surface area contributed by atoms with E-state index in [4.69, 9.17) is 13.9 Å². The van der Waals surface area contributed by atoms with Crippen molar-refractivity contribution in [1.29, 1.82) is 0 Å². The molecule has 1 aromatic heterocycles. The molecule has 0 saturated heterocycles. The molecule has 0 unspecified atom stereocenters. The fourth-order valence-electron chi connectivity index (χ4n) is 1.94. The van der Waals surface area contributed by atoms with Crippen molar-refractivity contribution < 1.29 is 13.9 Å². The summed E-state index contributed by atoms with van der Waals surface area (Å²) in [4.78, 5) is 0. The third-order valence-electron chi connectivity index (χ3n) is 3.06. The molecule has 6 nitrogen and oxygen atoms in total. The second-order valence-corrected chi connectivity index (χ2v) is 4.56. The van der Waals surface area contributed by atoms with Gasteiger partial charge in [-0.05, 0) is 31.6 Å². The van der Waals surface area contributed by atoms with Crippen molar-refractivity contribution in [1.82, 2.24) is 15.5 Å². The van der Waals surface area contributed by atoms with Gasteiger partial charge in [0.15, 0.2) is 0 Å². The number of rotatable bonds is 8. The minimum absolute atomic E-state index is 0.477. The predicted octanol–water partition coefficient (Wildman–Crippen LogP) is 2.30. The van der Waals surface area contributed by atoms with E-state index >= 15 is 0 Å². The third-order valence-corrected chi connectivity index (χ3v) is 3.06. The molecule has 0 bridgehead atoms. The van der Waals surface area contributed by atoms with Crippen LogP contribution in [-0.2, 0) is 6.42 Å². The summed E-state index contributed by atoms with van der Waals surface area (Å²) in [7, 11) is 3.22. The number of ether oxygens (including phenoxy) is 2. The molecule has 1 N–H and O–H groups in total. The van der Waals surface area contributed by atoms with Crippen molar-refractivity contribution in [2.75, 3.05) is 27.3 Å². The van der Waals surface area contributed by atoms with Crippen LogP contribution in [0.5, 0.6) is 11.5 Å². The first kappa shape index (κ1) is 15.3. The highest BCUT2D eigenvalue weighted by Crippen LogP contribution is 2.29. The minimum Gasteiger partial charge on any atom is -0.497 e. The van der Waals surface area contributed by atoms with Gasteiger partial charge < -0.3 is 19.2 Å². The average Bonchev–Trinajstić information content (AvgIpc) is 3.00. The van der Waals surface area contributed by atoms with Gasteiger partial charge in [-0.3, -0.25) is 0 Å². The molecule has 0 aliphatic carbocycles. The highest BCUT2D eigenvalue weighted by atomic mass is 16.5. The number of nitrogens with one attached hydrogen (secondary N) is 1. The zero-order valence-electron chi connectivity index (χ0n) is 12.7. The van der Waals surface area contributed by atoms with Crippen molar-refractivity contribution in [3.05, 3.63) is 24.1 Å². The summed E-state index contributed by atoms with van der Waals surface area (Å²) in [5, 5.41) is 11.4. The first-order valence-corrected chi connectivity index (χ1v) is 7.03. The Morgan fingerprint density at radius 1 is 1.10 bits per heavy atom. The van der Waals surface area contributed by atoms with Gasteiger partial charge in [-0.25, -0.2) is 0 Å². The molecule has 6 heteroatoms. The second kappa shape index (κ2) is 7.64. The maximum atomic E-state index is 5.69. The van der Waals surface area contributed by atoms with E-state index < -0.39 is 0 Å². The van der Waals surface area contributed by atoms with Crippen LogP contribution in [0, 0.1) is 0 Å². The molecule has 0 atom stereocenters. The van der Waals surface area contributed by atoms with E-state index in [9.17, 15) is 0 Å². The largest absolute Gasteiger partial charge is 0.497 e. The van der Waals surface area contributed by atoms with Gasteiger partial charge in [-0.2, -0.15) is 0 Å². The fraction of sp³-hybridized carbons (Fsp3) is 0.467. The zero-order chi connectivity index (χ0) is 15.1. The smallest absolute Gasteiger partial charge is 0.248 e. The van der Waals surface area contributed by atoms with Gasteiger partial charge in [0.2, 0.25) is 11.8 Å². The number of aryl methyl sites for hydroxylation is 1. The molecule has 1 aromatic carbocycles. The summed E-state index contributed by atoms with van der Waals surface area (Å²) >= 11 is 0. The van der Waals surface area contributed by atoms with Crippen LogP contribution in [-0.4, -0.2) is 37.5 Å². The summed E-state index contributed by atoms with van der Waals surface area (Å²) in [6.07, 6.45) is 1.73. The zero-order valence-corrected chi connectivity index (χ0v) is 12.7. The van der Waals surface area contributed by atoms with Crippen LogP contribution in [0.3, 0.4) is 0 Å². The monoisotopic (exact) mass is 291 g/mol. The molecule has 1 heterocycles. The van der Waals surface area contributed by atoms with E-state index in [1.54, 1.807) is 20.3 Å². The lowest BCUT2D eigenvalue weighted by atomic mass is 10.2. The molecule has 0 spiro atoms. The predicted molar refractivity (Wildman–Crippen MR) is 79.7 cm³/mol. The van der Waals surface area contributed by atoms with E-state index in [0.29, 0.717) is 23.3 Å². The summed E-state index contributed by atoms with van der Waals surface area (Å²) in [5.74, 6) is 2.50. The number of benzene rings is 1. The molecule has 0 fully saturated rings. The van der Waals surface area contributed by atoms with E-state index in [0.717, 1.165) is 31.5 Å². The molecule has 0 radical (unpaired) electrons. The van der Waals surface area contributed by atoms with Crippen molar-refractivity contribution in [3.8, 4) is 23.0 Å². The molecular formula is C15H21N3O3. The van der Waals surface area contributed by atoms with Gasteiger partial charge in [0.05, 0.1) is 14.2 Å². The molecule has 0 saturated carbocycles. The number of nitrogens with zero attached hydrogens (tertiary/aromatic N) is 2. The molecule has 2 aromatic rings. The Bertz CT molecular complexity index is 547. The van der Waals surface area contributed by atoms with E-state index in [1.807, 2.05) is 12.1 Å². The number of aromatic nitrogens is 2. The van der Waals surface area contributed by atoms with Gasteiger partial charge in [-0.1, -0.05) is 6.92 Å². The molecule has 114 valence electrons. The van der Waals surface area contributed by atoms with Gasteiger partial charge >= 0.3 is 0 Å². The van der Waals surface area contributed by atoms with Crippen LogP contribution >= 0.6 is 0 Å². The van der Waals surface area contributed by atoms with E-state index in [1.165, 1.54) is 0 Å². The topological polar surface area (TPSA) is 69.4 Å². The Morgan fingerprint density at radius 2 is 1.81 bits per heavy atom. The number of methoxy groups -OCH3 is 2. The Kier molecular flexibility index (Phi) is 5.57. The molecule has 0 amide bonds. The van der Waals surface area contributed by atoms with Crippen LogP contribution in [0.1, 0.15) is 19.2 Å². The summed E-state index contributed by atoms with van der Waals surface area (Å²) in [5.41, 5.74) is 0.789. The summed E-state index contributed by atoms with van der Waals surface area (Å²) < 4.78 is 16.2. The number of hydrogen-bond donors (Lipinski definition) is 1. The Balaban J connectivity index is 2.09. The summed E-state index contributed by atoms with van der Waals surface area (Å²) in [6.45, 7) is 4.00. The Labute approximate surface area is 124 Å². The highest BCUT2D eigenvalue weighted by molar-refractivity contribution is 5.59. The first-order chi connectivity index (χ1) is 10.3. The van der Waals surface area contributed by atoms with Crippen molar-refractivity contribution >= 4 is 0 Å². The molecule has 0 aliphatic heterocycles. The molecular weight excluding hydrogens is 270 g/mol. The lowest BCUT2D eigenvalue weighted by molar-refractivity contribution is 0.394. The van der Waals surface area contributed by atoms with Crippen LogP contribution in [0.15, 0.2) is 22.6 Å². The summed E-state index contributed by atoms with van der Waals surface area (Å²) in [6, 6.07) is 5.49. The molecule has 21 heavy (non-hydrogen) atoms. The van der Waals surface area contributed by atoms with Crippen molar-refractivity contribution in [2.24, 2.45) is 0 Å². The van der Waals surface area contributed by atoms with Crippen molar-refractivity contribution in [2.45, 2.75) is 19.8 Å². The van der Waals surface area contributed by atoms with E-state index in [2.05, 4.69) is 22.4 Å². The lowest BCUT2D eigenvalue weighted by Gasteiger charge is -2.05. The van der Waals surface area contributed by atoms with Crippen LogP contribution in [0.4, 0.5) is 0 Å². The Hall–Kier alpha value is -2.08. The van der Waals surface area contributed by atoms with Gasteiger partial charge in [0.1, 0.15) is 11.5 Å². The number of hydrogen-bond acceptors (Lipinski definition) is 6. The highest BCUT2D eigenvalue weighted by Gasteiger charge is 2.11. The minimum atomic E-state index is 0.477. The Morgan fingerprint density at radius 3 is 2.43 bits per heavy atom. The van der Waals surface area contributed by atoms with Crippen LogP contribution < -0.4 is 14.8 Å². The first-order valence-electron chi connectivity index (χ1n) is 7.03. The molecule has 0 aliphatic rings. The fourth-order valence-corrected chi connectivity index (χ4v) is 1.94. The molecule has 2 rings (SSSR count). The third kappa shape index (κ3) is 4.19. The van der Waals surface area contributed by atoms with Gasteiger partial charge in [0.25, 0.3) is 0 Å². The second-order valence-electron chi connectivity index (χ2n) is 4.56. The van der Waals surface area contributed by atoms with E-state index in [-0.39, 0.29) is 0 Å². The average molecular weight is 291 g/mol. The lowest BCUT2D eigenvalue weighted by Crippen LogP contribution is -2.14. The maximum Gasteiger partial charge on any atom is 0.248 e.